The van der Waals surface area contributed by atoms with Crippen LogP contribution in [0.2, 0.25) is 0 Å². The van der Waals surface area contributed by atoms with Crippen LogP contribution in [0.15, 0.2) is 82.1 Å². The Morgan fingerprint density at radius 2 is 1.74 bits per heavy atom. The van der Waals surface area contributed by atoms with Crippen LogP contribution < -0.4 is 10.3 Å². The number of fused-ring (bicyclic) bond motifs is 1. The van der Waals surface area contributed by atoms with E-state index in [-0.39, 0.29) is 28.6 Å². The van der Waals surface area contributed by atoms with Crippen LogP contribution in [0.3, 0.4) is 0 Å². The number of nitrogens with zero attached hydrogens (tertiary/aromatic N) is 3. The molecule has 0 saturated carbocycles. The Hall–Kier alpha value is -3.92. The quantitative estimate of drug-likeness (QED) is 0.278. The Bertz CT molecular complexity index is 1600. The highest BCUT2D eigenvalue weighted by Crippen LogP contribution is 2.36. The van der Waals surface area contributed by atoms with Gasteiger partial charge in [-0.1, -0.05) is 46.3 Å². The molecule has 0 saturated heterocycles. The normalized spacial score (nSPS) is 15.1. The van der Waals surface area contributed by atoms with Crippen molar-refractivity contribution in [1.82, 2.24) is 14.5 Å². The van der Waals surface area contributed by atoms with E-state index in [2.05, 4.69) is 15.9 Å². The third-order valence-corrected chi connectivity index (χ3v) is 7.45. The average Bonchev–Trinajstić information content (AvgIpc) is 2.93. The van der Waals surface area contributed by atoms with E-state index in [9.17, 15) is 22.8 Å². The van der Waals surface area contributed by atoms with Gasteiger partial charge in [0.05, 0.1) is 30.6 Å². The summed E-state index contributed by atoms with van der Waals surface area (Å²) < 4.78 is 47.1. The molecule has 1 atom stereocenters. The molecular weight excluding hydrogens is 575 g/mol. The molecule has 10 heteroatoms. The number of ether oxygens (including phenoxy) is 1. The molecule has 0 unspecified atom stereocenters. The number of hydrogen-bond donors (Lipinski definition) is 0. The molecule has 3 aromatic carbocycles. The maximum Gasteiger partial charge on any atom is 0.417 e. The Kier molecular flexibility index (Phi) is 7.07. The highest BCUT2D eigenvalue weighted by Gasteiger charge is 2.36. The predicted molar refractivity (Wildman–Crippen MR) is 144 cm³/mol. The average molecular weight is 598 g/mol. The topological polar surface area (TPSA) is 64.4 Å². The monoisotopic (exact) mass is 597 g/mol. The molecule has 39 heavy (non-hydrogen) atoms. The van der Waals surface area contributed by atoms with Crippen molar-refractivity contribution in [2.24, 2.45) is 0 Å². The van der Waals surface area contributed by atoms with Crippen molar-refractivity contribution in [3.8, 4) is 22.8 Å². The summed E-state index contributed by atoms with van der Waals surface area (Å²) in [5.74, 6) is 0.478. The van der Waals surface area contributed by atoms with Gasteiger partial charge in [-0.15, -0.1) is 0 Å². The molecule has 1 aliphatic heterocycles. The molecular formula is C29H23BrF3N3O3. The van der Waals surface area contributed by atoms with Crippen LogP contribution in [0.25, 0.3) is 17.1 Å². The van der Waals surface area contributed by atoms with E-state index in [0.29, 0.717) is 34.1 Å². The molecule has 1 aliphatic rings. The molecule has 1 aromatic heterocycles. The Morgan fingerprint density at radius 3 is 2.38 bits per heavy atom. The summed E-state index contributed by atoms with van der Waals surface area (Å²) in [5, 5.41) is 0. The largest absolute Gasteiger partial charge is 0.497 e. The fraction of sp³-hybridized carbons (Fsp3) is 0.207. The lowest BCUT2D eigenvalue weighted by Gasteiger charge is -2.34. The van der Waals surface area contributed by atoms with Crippen LogP contribution in [-0.2, 0) is 19.1 Å². The molecule has 5 rings (SSSR count). The minimum atomic E-state index is -4.62. The molecule has 1 amide bonds. The highest BCUT2D eigenvalue weighted by atomic mass is 79.9. The summed E-state index contributed by atoms with van der Waals surface area (Å²) in [6.07, 6.45) is -4.41. The minimum absolute atomic E-state index is 0.00866. The number of benzene rings is 3. The number of carbonyl (C=O) groups excluding carboxylic acids is 1. The molecule has 0 aliphatic carbocycles. The maximum atomic E-state index is 13.9. The van der Waals surface area contributed by atoms with E-state index in [4.69, 9.17) is 9.72 Å². The van der Waals surface area contributed by atoms with Crippen LogP contribution in [0, 0.1) is 0 Å². The third kappa shape index (κ3) is 5.08. The fourth-order valence-electron chi connectivity index (χ4n) is 4.72. The van der Waals surface area contributed by atoms with Gasteiger partial charge in [0.1, 0.15) is 11.6 Å². The molecule has 2 heterocycles. The van der Waals surface area contributed by atoms with Crippen molar-refractivity contribution >= 4 is 21.8 Å². The van der Waals surface area contributed by atoms with Crippen LogP contribution in [0.4, 0.5) is 13.2 Å². The van der Waals surface area contributed by atoms with E-state index >= 15 is 0 Å². The fourth-order valence-corrected chi connectivity index (χ4v) is 5.20. The van der Waals surface area contributed by atoms with E-state index in [1.54, 1.807) is 42.9 Å². The van der Waals surface area contributed by atoms with E-state index in [1.165, 1.54) is 17.0 Å². The van der Waals surface area contributed by atoms with E-state index in [0.717, 1.165) is 6.07 Å². The summed E-state index contributed by atoms with van der Waals surface area (Å²) in [6.45, 7) is 1.76. The van der Waals surface area contributed by atoms with Gasteiger partial charge in [0.2, 0.25) is 0 Å². The van der Waals surface area contributed by atoms with Crippen LogP contribution in [0.1, 0.15) is 34.1 Å². The number of alkyl halides is 3. The number of rotatable bonds is 4. The SMILES string of the molecule is COc1ccc(-n2c(-c3ccccc3)nc3c(c2=O)C[C@@H](C)N(C(=O)c2ccc(Br)c(C(F)(F)F)c2)C3)cc1. The first-order valence-corrected chi connectivity index (χ1v) is 12.9. The number of halogens is 4. The summed E-state index contributed by atoms with van der Waals surface area (Å²) in [5.41, 5.74) is 0.923. The van der Waals surface area contributed by atoms with Gasteiger partial charge >= 0.3 is 6.18 Å². The summed E-state index contributed by atoms with van der Waals surface area (Å²) in [6, 6.07) is 19.2. The van der Waals surface area contributed by atoms with Gasteiger partial charge in [-0.05, 0) is 55.8 Å². The molecule has 4 aromatic rings. The van der Waals surface area contributed by atoms with Gasteiger partial charge < -0.3 is 9.64 Å². The second-order valence-electron chi connectivity index (χ2n) is 9.24. The second-order valence-corrected chi connectivity index (χ2v) is 10.1. The smallest absolute Gasteiger partial charge is 0.417 e. The number of aromatic nitrogens is 2. The Balaban J connectivity index is 1.60. The van der Waals surface area contributed by atoms with Crippen molar-refractivity contribution in [2.45, 2.75) is 32.1 Å². The second kappa shape index (κ2) is 10.3. The van der Waals surface area contributed by atoms with Crippen LogP contribution >= 0.6 is 15.9 Å². The van der Waals surface area contributed by atoms with Gasteiger partial charge in [-0.25, -0.2) is 4.98 Å². The van der Waals surface area contributed by atoms with Gasteiger partial charge in [-0.2, -0.15) is 13.2 Å². The first-order chi connectivity index (χ1) is 18.6. The van der Waals surface area contributed by atoms with Gasteiger partial charge in [0, 0.05) is 27.2 Å². The molecule has 200 valence electrons. The highest BCUT2D eigenvalue weighted by molar-refractivity contribution is 9.10. The zero-order valence-electron chi connectivity index (χ0n) is 21.0. The lowest BCUT2D eigenvalue weighted by atomic mass is 9.97. The Morgan fingerprint density at radius 1 is 1.05 bits per heavy atom. The van der Waals surface area contributed by atoms with Crippen molar-refractivity contribution in [3.63, 3.8) is 0 Å². The number of hydrogen-bond acceptors (Lipinski definition) is 4. The zero-order valence-corrected chi connectivity index (χ0v) is 22.6. The van der Waals surface area contributed by atoms with Gasteiger partial charge in [0.15, 0.2) is 0 Å². The van der Waals surface area contributed by atoms with Crippen molar-refractivity contribution in [2.75, 3.05) is 7.11 Å². The molecule has 6 nitrogen and oxygen atoms in total. The third-order valence-electron chi connectivity index (χ3n) is 6.76. The maximum absolute atomic E-state index is 13.9. The first-order valence-electron chi connectivity index (χ1n) is 12.1. The summed E-state index contributed by atoms with van der Waals surface area (Å²) in [4.78, 5) is 33.6. The van der Waals surface area contributed by atoms with Crippen molar-refractivity contribution in [3.05, 3.63) is 110 Å². The van der Waals surface area contributed by atoms with Crippen LogP contribution in [-0.4, -0.2) is 33.5 Å². The van der Waals surface area contributed by atoms with Crippen molar-refractivity contribution < 1.29 is 22.7 Å². The number of amides is 1. The Labute approximate surface area is 230 Å². The minimum Gasteiger partial charge on any atom is -0.497 e. The molecule has 0 fully saturated rings. The van der Waals surface area contributed by atoms with E-state index in [1.807, 2.05) is 30.3 Å². The summed E-state index contributed by atoms with van der Waals surface area (Å²) in [7, 11) is 1.56. The molecule has 0 bridgehead atoms. The van der Waals surface area contributed by atoms with E-state index < -0.39 is 23.7 Å². The number of methoxy groups -OCH3 is 1. The lowest BCUT2D eigenvalue weighted by Crippen LogP contribution is -2.46. The van der Waals surface area contributed by atoms with Gasteiger partial charge in [-0.3, -0.25) is 14.2 Å². The standard InChI is InChI=1S/C29H23BrF3N3O3/c1-17-14-22-25(16-35(17)27(37)19-8-13-24(30)23(15-19)29(31,32)33)34-26(18-6-4-3-5-7-18)36(28(22)38)20-9-11-21(39-2)12-10-20/h3-13,15,17H,14,16H2,1-2H3/t17-/m1/s1. The van der Waals surface area contributed by atoms with Gasteiger partial charge in [0.25, 0.3) is 11.5 Å². The first kappa shape index (κ1) is 26.7. The molecule has 0 N–H and O–H groups in total. The summed E-state index contributed by atoms with van der Waals surface area (Å²) >= 11 is 2.92. The van der Waals surface area contributed by atoms with Crippen molar-refractivity contribution in [1.29, 1.82) is 0 Å². The molecule has 0 spiro atoms. The predicted octanol–water partition coefficient (Wildman–Crippen LogP) is 6.28. The zero-order chi connectivity index (χ0) is 27.9. The lowest BCUT2D eigenvalue weighted by molar-refractivity contribution is -0.138. The number of carbonyl (C=O) groups is 1. The molecule has 0 radical (unpaired) electrons. The van der Waals surface area contributed by atoms with Crippen LogP contribution in [0.5, 0.6) is 5.75 Å².